The second kappa shape index (κ2) is 4.32. The Kier molecular flexibility index (Phi) is 2.64. The molecule has 0 N–H and O–H groups in total. The summed E-state index contributed by atoms with van der Waals surface area (Å²) in [5.74, 6) is 0. The van der Waals surface area contributed by atoms with Crippen LogP contribution in [0.3, 0.4) is 0 Å². The lowest BCUT2D eigenvalue weighted by Crippen LogP contribution is -2.11. The predicted molar refractivity (Wildman–Crippen MR) is 95.5 cm³/mol. The van der Waals surface area contributed by atoms with Crippen molar-refractivity contribution in [3.05, 3.63) is 60.2 Å². The molecule has 0 saturated carbocycles. The van der Waals surface area contributed by atoms with Crippen LogP contribution in [0.5, 0.6) is 0 Å². The first kappa shape index (κ1) is 12.8. The normalized spacial score (nSPS) is 12.5. The summed E-state index contributed by atoms with van der Waals surface area (Å²) in [7, 11) is 0. The van der Waals surface area contributed by atoms with Gasteiger partial charge >= 0.3 is 0 Å². The van der Waals surface area contributed by atoms with Gasteiger partial charge in [-0.05, 0) is 33.9 Å². The fraction of sp³-hybridized carbons (Fsp3) is 0.200. The van der Waals surface area contributed by atoms with Crippen molar-refractivity contribution in [2.24, 2.45) is 0 Å². The van der Waals surface area contributed by atoms with Crippen LogP contribution in [-0.4, -0.2) is 0 Å². The van der Waals surface area contributed by atoms with Gasteiger partial charge in [0.2, 0.25) is 0 Å². The number of hydrogen-bond acceptors (Lipinski definition) is 1. The zero-order valence-electron chi connectivity index (χ0n) is 12.6. The Morgan fingerprint density at radius 1 is 0.714 bits per heavy atom. The van der Waals surface area contributed by atoms with Crippen LogP contribution in [0.1, 0.15) is 26.3 Å². The van der Waals surface area contributed by atoms with Crippen molar-refractivity contribution in [1.82, 2.24) is 0 Å². The van der Waals surface area contributed by atoms with E-state index in [4.69, 9.17) is 0 Å². The molecule has 3 aromatic carbocycles. The van der Waals surface area contributed by atoms with E-state index >= 15 is 0 Å². The fourth-order valence-electron chi connectivity index (χ4n) is 3.21. The quantitative estimate of drug-likeness (QED) is 0.346. The summed E-state index contributed by atoms with van der Waals surface area (Å²) in [5, 5.41) is 5.58. The van der Waals surface area contributed by atoms with Crippen LogP contribution < -0.4 is 0 Å². The average molecular weight is 290 g/mol. The molecule has 21 heavy (non-hydrogen) atoms. The lowest BCUT2D eigenvalue weighted by atomic mass is 9.84. The first-order valence-electron chi connectivity index (χ1n) is 7.39. The molecule has 0 aliphatic heterocycles. The van der Waals surface area contributed by atoms with Crippen LogP contribution in [0.4, 0.5) is 0 Å². The highest BCUT2D eigenvalue weighted by Crippen LogP contribution is 2.42. The van der Waals surface area contributed by atoms with Gasteiger partial charge in [-0.2, -0.15) is 0 Å². The Bertz CT molecular complexity index is 968. The second-order valence-corrected chi connectivity index (χ2v) is 7.77. The van der Waals surface area contributed by atoms with E-state index in [1.54, 1.807) is 0 Å². The number of benzene rings is 3. The van der Waals surface area contributed by atoms with Gasteiger partial charge in [0.25, 0.3) is 0 Å². The maximum atomic E-state index is 2.30. The first-order valence-corrected chi connectivity index (χ1v) is 8.21. The highest BCUT2D eigenvalue weighted by atomic mass is 32.1. The summed E-state index contributed by atoms with van der Waals surface area (Å²) in [6, 6.07) is 20.0. The van der Waals surface area contributed by atoms with Crippen LogP contribution in [0.25, 0.3) is 30.9 Å². The van der Waals surface area contributed by atoms with Crippen molar-refractivity contribution in [3.8, 4) is 0 Å². The van der Waals surface area contributed by atoms with Gasteiger partial charge in [-0.15, -0.1) is 11.3 Å². The first-order chi connectivity index (χ1) is 10.1. The van der Waals surface area contributed by atoms with Crippen LogP contribution in [-0.2, 0) is 5.41 Å². The third-order valence-electron chi connectivity index (χ3n) is 4.19. The molecular weight excluding hydrogens is 272 g/mol. The smallest absolute Gasteiger partial charge is 0.0361 e. The van der Waals surface area contributed by atoms with E-state index in [0.717, 1.165) is 0 Å². The van der Waals surface area contributed by atoms with Crippen LogP contribution in [0.2, 0.25) is 0 Å². The summed E-state index contributed by atoms with van der Waals surface area (Å²) >= 11 is 1.91. The molecule has 0 radical (unpaired) electrons. The summed E-state index contributed by atoms with van der Waals surface area (Å²) < 4.78 is 2.79. The monoisotopic (exact) mass is 290 g/mol. The SMILES string of the molecule is CC(C)(C)c1cccc2sc3ccc4ccccc4c3c12. The maximum Gasteiger partial charge on any atom is 0.0361 e. The van der Waals surface area contributed by atoms with E-state index in [9.17, 15) is 0 Å². The number of thiophene rings is 1. The van der Waals surface area contributed by atoms with E-state index in [-0.39, 0.29) is 5.41 Å². The van der Waals surface area contributed by atoms with E-state index in [2.05, 4.69) is 75.4 Å². The lowest BCUT2D eigenvalue weighted by Gasteiger charge is -2.20. The van der Waals surface area contributed by atoms with Gasteiger partial charge in [0, 0.05) is 20.2 Å². The molecule has 0 spiro atoms. The number of hydrogen-bond donors (Lipinski definition) is 0. The van der Waals surface area contributed by atoms with Gasteiger partial charge < -0.3 is 0 Å². The second-order valence-electron chi connectivity index (χ2n) is 6.69. The third kappa shape index (κ3) is 1.88. The molecule has 0 bridgehead atoms. The molecular formula is C20H18S. The summed E-state index contributed by atoms with van der Waals surface area (Å²) in [5.41, 5.74) is 1.60. The molecule has 0 unspecified atom stereocenters. The molecule has 0 fully saturated rings. The van der Waals surface area contributed by atoms with Gasteiger partial charge in [-0.1, -0.05) is 63.2 Å². The highest BCUT2D eigenvalue weighted by Gasteiger charge is 2.20. The van der Waals surface area contributed by atoms with Crippen molar-refractivity contribution < 1.29 is 0 Å². The van der Waals surface area contributed by atoms with Crippen molar-refractivity contribution in [3.63, 3.8) is 0 Å². The number of rotatable bonds is 0. The summed E-state index contributed by atoms with van der Waals surface area (Å²) in [6.45, 7) is 6.91. The molecule has 4 rings (SSSR count). The Hall–Kier alpha value is -1.86. The molecule has 1 heteroatoms. The highest BCUT2D eigenvalue weighted by molar-refractivity contribution is 7.26. The summed E-state index contributed by atoms with van der Waals surface area (Å²) in [4.78, 5) is 0. The lowest BCUT2D eigenvalue weighted by molar-refractivity contribution is 0.596. The van der Waals surface area contributed by atoms with Gasteiger partial charge in [0.05, 0.1) is 0 Å². The average Bonchev–Trinajstić information content (AvgIpc) is 2.84. The topological polar surface area (TPSA) is 0 Å². The molecule has 0 atom stereocenters. The largest absolute Gasteiger partial charge is 0.135 e. The van der Waals surface area contributed by atoms with Gasteiger partial charge in [-0.3, -0.25) is 0 Å². The Labute approximate surface area is 129 Å². The minimum atomic E-state index is 0.157. The maximum absolute atomic E-state index is 2.30. The minimum Gasteiger partial charge on any atom is -0.135 e. The Balaban J connectivity index is 2.31. The fourth-order valence-corrected chi connectivity index (χ4v) is 4.36. The van der Waals surface area contributed by atoms with Crippen molar-refractivity contribution in [1.29, 1.82) is 0 Å². The Morgan fingerprint density at radius 2 is 1.48 bits per heavy atom. The molecule has 1 heterocycles. The minimum absolute atomic E-state index is 0.157. The van der Waals surface area contributed by atoms with Crippen LogP contribution in [0.15, 0.2) is 54.6 Å². The molecule has 0 amide bonds. The van der Waals surface area contributed by atoms with Gasteiger partial charge in [0.1, 0.15) is 0 Å². The summed E-state index contributed by atoms with van der Waals surface area (Å²) in [6.07, 6.45) is 0. The number of fused-ring (bicyclic) bond motifs is 5. The van der Waals surface area contributed by atoms with Crippen molar-refractivity contribution in [2.75, 3.05) is 0 Å². The van der Waals surface area contributed by atoms with Gasteiger partial charge in [-0.25, -0.2) is 0 Å². The molecule has 0 nitrogen and oxygen atoms in total. The molecule has 104 valence electrons. The zero-order valence-corrected chi connectivity index (χ0v) is 13.4. The molecule has 1 aromatic heterocycles. The van der Waals surface area contributed by atoms with Crippen molar-refractivity contribution >= 4 is 42.3 Å². The van der Waals surface area contributed by atoms with E-state index in [0.29, 0.717) is 0 Å². The van der Waals surface area contributed by atoms with E-state index < -0.39 is 0 Å². The molecule has 0 aliphatic carbocycles. The predicted octanol–water partition coefficient (Wildman–Crippen LogP) is 6.51. The van der Waals surface area contributed by atoms with Crippen molar-refractivity contribution in [2.45, 2.75) is 26.2 Å². The molecule has 0 saturated heterocycles. The van der Waals surface area contributed by atoms with Crippen LogP contribution in [0, 0.1) is 0 Å². The molecule has 4 aromatic rings. The van der Waals surface area contributed by atoms with Gasteiger partial charge in [0.15, 0.2) is 0 Å². The molecule has 0 aliphatic rings. The Morgan fingerprint density at radius 3 is 2.29 bits per heavy atom. The standard InChI is InChI=1S/C20H18S/c1-20(2,3)15-9-6-10-16-19(15)18-14-8-5-4-7-13(14)11-12-17(18)21-16/h4-12H,1-3H3. The van der Waals surface area contributed by atoms with Crippen LogP contribution >= 0.6 is 11.3 Å². The van der Waals surface area contributed by atoms with E-state index in [1.165, 1.54) is 36.5 Å². The third-order valence-corrected chi connectivity index (χ3v) is 5.32. The van der Waals surface area contributed by atoms with E-state index in [1.807, 2.05) is 11.3 Å². The zero-order chi connectivity index (χ0) is 14.6.